The van der Waals surface area contributed by atoms with Gasteiger partial charge in [0, 0.05) is 64.6 Å². The van der Waals surface area contributed by atoms with Crippen molar-refractivity contribution in [2.75, 3.05) is 32.8 Å². The summed E-state index contributed by atoms with van der Waals surface area (Å²) in [5.74, 6) is 1.14. The molecule has 0 aromatic carbocycles. The molecule has 210 valence electrons. The Kier molecular flexibility index (Phi) is 9.10. The second-order valence-electron chi connectivity index (χ2n) is 12.7. The van der Waals surface area contributed by atoms with Crippen LogP contribution in [0.3, 0.4) is 0 Å². The molecule has 37 heavy (non-hydrogen) atoms. The van der Waals surface area contributed by atoms with Crippen molar-refractivity contribution in [1.82, 2.24) is 15.1 Å². The Labute approximate surface area is 222 Å². The normalized spacial score (nSPS) is 39.4. The van der Waals surface area contributed by atoms with E-state index in [0.717, 1.165) is 45.4 Å². The fraction of sp³-hybridized carbons (Fsp3) is 0.931. The summed E-state index contributed by atoms with van der Waals surface area (Å²) in [6.45, 7) is 5.35. The zero-order valence-corrected chi connectivity index (χ0v) is 22.7. The van der Waals surface area contributed by atoms with E-state index >= 15 is 0 Å². The first-order valence-electron chi connectivity index (χ1n) is 15.2. The fourth-order valence-electron chi connectivity index (χ4n) is 8.05. The molecule has 8 atom stereocenters. The number of aliphatic hydroxyl groups excluding tert-OH is 2. The molecular weight excluding hydrogens is 470 g/mol. The minimum atomic E-state index is -0.860. The molecule has 0 radical (unpaired) electrons. The average molecular weight is 520 g/mol. The fourth-order valence-corrected chi connectivity index (χ4v) is 8.05. The summed E-state index contributed by atoms with van der Waals surface area (Å²) in [5.41, 5.74) is 0. The first-order chi connectivity index (χ1) is 17.9. The largest absolute Gasteiger partial charge is 0.393 e. The van der Waals surface area contributed by atoms with Crippen molar-refractivity contribution in [1.29, 1.82) is 0 Å². The third-order valence-electron chi connectivity index (χ3n) is 10.2. The van der Waals surface area contributed by atoms with Crippen molar-refractivity contribution in [2.24, 2.45) is 23.7 Å². The quantitative estimate of drug-likeness (QED) is 0.498. The monoisotopic (exact) mass is 519 g/mol. The molecule has 3 saturated carbocycles. The maximum absolute atomic E-state index is 13.9. The Morgan fingerprint density at radius 3 is 2.43 bits per heavy atom. The number of hydrogen-bond acceptors (Lipinski definition) is 6. The van der Waals surface area contributed by atoms with Crippen molar-refractivity contribution in [3.63, 3.8) is 0 Å². The van der Waals surface area contributed by atoms with Crippen molar-refractivity contribution in [3.8, 4) is 0 Å². The van der Waals surface area contributed by atoms with Crippen LogP contribution in [0, 0.1) is 23.7 Å². The van der Waals surface area contributed by atoms with Crippen LogP contribution in [0.5, 0.6) is 0 Å². The van der Waals surface area contributed by atoms with Gasteiger partial charge in [0.25, 0.3) is 0 Å². The molecule has 2 heterocycles. The van der Waals surface area contributed by atoms with E-state index in [4.69, 9.17) is 4.74 Å². The molecule has 2 aliphatic heterocycles. The Balaban J connectivity index is 1.22. The number of carbonyl (C=O) groups is 2. The Morgan fingerprint density at radius 2 is 1.68 bits per heavy atom. The highest BCUT2D eigenvalue weighted by Crippen LogP contribution is 2.39. The molecule has 0 spiro atoms. The summed E-state index contributed by atoms with van der Waals surface area (Å²) in [6, 6.07) is 0.695. The lowest BCUT2D eigenvalue weighted by Gasteiger charge is -2.48. The van der Waals surface area contributed by atoms with Gasteiger partial charge in [0.1, 0.15) is 0 Å². The van der Waals surface area contributed by atoms with E-state index < -0.39 is 24.2 Å². The van der Waals surface area contributed by atoms with E-state index in [1.54, 1.807) is 6.92 Å². The lowest BCUT2D eigenvalue weighted by Crippen LogP contribution is -2.58. The molecule has 2 amide bonds. The molecule has 5 rings (SSSR count). The van der Waals surface area contributed by atoms with Crippen LogP contribution < -0.4 is 5.32 Å². The summed E-state index contributed by atoms with van der Waals surface area (Å²) < 4.78 is 6.32. The third-order valence-corrected chi connectivity index (χ3v) is 10.2. The number of fused-ring (bicyclic) bond motifs is 1. The number of ether oxygens (including phenoxy) is 1. The molecule has 5 fully saturated rings. The average Bonchev–Trinajstić information content (AvgIpc) is 3.36. The van der Waals surface area contributed by atoms with Crippen LogP contribution in [-0.4, -0.2) is 95.0 Å². The van der Waals surface area contributed by atoms with Gasteiger partial charge in [-0.25, -0.2) is 0 Å². The van der Waals surface area contributed by atoms with E-state index in [2.05, 4.69) is 5.32 Å². The molecule has 8 nitrogen and oxygen atoms in total. The summed E-state index contributed by atoms with van der Waals surface area (Å²) in [5, 5.41) is 25.2. The molecule has 0 aromatic rings. The maximum atomic E-state index is 13.9. The van der Waals surface area contributed by atoms with E-state index in [0.29, 0.717) is 42.9 Å². The number of nitrogens with one attached hydrogen (secondary N) is 1. The molecule has 0 bridgehead atoms. The van der Waals surface area contributed by atoms with E-state index in [-0.39, 0.29) is 18.2 Å². The first kappa shape index (κ1) is 27.4. The zero-order valence-electron chi connectivity index (χ0n) is 22.7. The highest BCUT2D eigenvalue weighted by molar-refractivity contribution is 5.80. The van der Waals surface area contributed by atoms with Crippen LogP contribution in [0.15, 0.2) is 0 Å². The first-order valence-corrected chi connectivity index (χ1v) is 15.2. The molecule has 3 aliphatic carbocycles. The maximum Gasteiger partial charge on any atom is 0.230 e. The van der Waals surface area contributed by atoms with Gasteiger partial charge in [0.2, 0.25) is 11.8 Å². The Bertz CT molecular complexity index is 790. The predicted molar refractivity (Wildman–Crippen MR) is 141 cm³/mol. The lowest BCUT2D eigenvalue weighted by atomic mass is 9.71. The molecule has 8 heteroatoms. The smallest absolute Gasteiger partial charge is 0.230 e. The Hall–Kier alpha value is -1.22. The van der Waals surface area contributed by atoms with Gasteiger partial charge in [0.15, 0.2) is 0 Å². The zero-order chi connectivity index (χ0) is 25.9. The molecule has 5 aliphatic rings. The summed E-state index contributed by atoms with van der Waals surface area (Å²) in [6.07, 6.45) is 10.5. The van der Waals surface area contributed by atoms with Gasteiger partial charge in [-0.2, -0.15) is 0 Å². The SMILES string of the molecule is CC(=O)N1CC[C@H](NC2CCCC3CCN(C(=O)C4C(O)CC(O)CC4OCC4CCCCC4)CC32)C1. The van der Waals surface area contributed by atoms with Gasteiger partial charge in [-0.15, -0.1) is 0 Å². The Morgan fingerprint density at radius 1 is 0.892 bits per heavy atom. The number of carbonyl (C=O) groups excluding carboxylic acids is 2. The summed E-state index contributed by atoms with van der Waals surface area (Å²) in [4.78, 5) is 29.6. The summed E-state index contributed by atoms with van der Waals surface area (Å²) >= 11 is 0. The molecule has 7 unspecified atom stereocenters. The number of hydrogen-bond donors (Lipinski definition) is 3. The molecule has 3 N–H and O–H groups in total. The van der Waals surface area contributed by atoms with Gasteiger partial charge < -0.3 is 30.1 Å². The van der Waals surface area contributed by atoms with E-state index in [1.165, 1.54) is 44.9 Å². The van der Waals surface area contributed by atoms with Crippen molar-refractivity contribution >= 4 is 11.8 Å². The highest BCUT2D eigenvalue weighted by Gasteiger charge is 2.46. The summed E-state index contributed by atoms with van der Waals surface area (Å²) in [7, 11) is 0. The molecule has 2 saturated heterocycles. The second-order valence-corrected chi connectivity index (χ2v) is 12.7. The number of piperidine rings is 1. The second kappa shape index (κ2) is 12.3. The minimum Gasteiger partial charge on any atom is -0.393 e. The van der Waals surface area contributed by atoms with Crippen LogP contribution in [0.25, 0.3) is 0 Å². The van der Waals surface area contributed by atoms with Crippen molar-refractivity contribution in [3.05, 3.63) is 0 Å². The number of nitrogens with zero attached hydrogens (tertiary/aromatic N) is 2. The lowest BCUT2D eigenvalue weighted by molar-refractivity contribution is -0.162. The van der Waals surface area contributed by atoms with Crippen LogP contribution in [0.4, 0.5) is 0 Å². The number of amides is 2. The van der Waals surface area contributed by atoms with Gasteiger partial charge in [-0.3, -0.25) is 9.59 Å². The van der Waals surface area contributed by atoms with Crippen LogP contribution in [0.1, 0.15) is 84.0 Å². The number of aliphatic hydroxyl groups is 2. The number of likely N-dealkylation sites (tertiary alicyclic amines) is 2. The highest BCUT2D eigenvalue weighted by atomic mass is 16.5. The standard InChI is InChI=1S/C29H49N3O5/c1-19(33)31-13-11-22(16-31)30-25-9-5-8-21-10-12-32(17-24(21)25)29(36)28-26(35)14-23(34)15-27(28)37-18-20-6-3-2-4-7-20/h20-28,30,34-35H,2-18H2,1H3/t21?,22-,23?,24?,25?,26?,27?,28?/m0/s1. The van der Waals surface area contributed by atoms with Gasteiger partial charge >= 0.3 is 0 Å². The minimum absolute atomic E-state index is 0.0134. The van der Waals surface area contributed by atoms with Gasteiger partial charge in [0.05, 0.1) is 24.2 Å². The predicted octanol–water partition coefficient (Wildman–Crippen LogP) is 2.31. The van der Waals surface area contributed by atoms with Crippen molar-refractivity contribution < 1.29 is 24.5 Å². The van der Waals surface area contributed by atoms with Crippen LogP contribution in [0.2, 0.25) is 0 Å². The third kappa shape index (κ3) is 6.51. The van der Waals surface area contributed by atoms with E-state index in [9.17, 15) is 19.8 Å². The van der Waals surface area contributed by atoms with Gasteiger partial charge in [-0.05, 0) is 56.3 Å². The number of rotatable bonds is 6. The van der Waals surface area contributed by atoms with Crippen molar-refractivity contribution in [2.45, 2.75) is 114 Å². The molecular formula is C29H49N3O5. The van der Waals surface area contributed by atoms with Crippen LogP contribution in [-0.2, 0) is 14.3 Å². The van der Waals surface area contributed by atoms with Gasteiger partial charge in [-0.1, -0.05) is 25.7 Å². The van der Waals surface area contributed by atoms with Crippen LogP contribution >= 0.6 is 0 Å². The van der Waals surface area contributed by atoms with E-state index in [1.807, 2.05) is 9.80 Å². The topological polar surface area (TPSA) is 102 Å². The molecule has 0 aromatic heterocycles.